The number of esters is 1. The van der Waals surface area contributed by atoms with Crippen LogP contribution >= 0.6 is 0 Å². The second kappa shape index (κ2) is 6.51. The Hall–Kier alpha value is -2.18. The Bertz CT molecular complexity index is 624. The van der Waals surface area contributed by atoms with Gasteiger partial charge in [-0.3, -0.25) is 0 Å². The second-order valence-corrected chi connectivity index (χ2v) is 4.65. The Kier molecular flexibility index (Phi) is 4.72. The quantitative estimate of drug-likeness (QED) is 0.807. The van der Waals surface area contributed by atoms with Gasteiger partial charge in [-0.15, -0.1) is 0 Å². The van der Waals surface area contributed by atoms with Crippen molar-refractivity contribution in [2.45, 2.75) is 26.1 Å². The zero-order valence-electron chi connectivity index (χ0n) is 11.9. The van der Waals surface area contributed by atoms with E-state index in [9.17, 15) is 15.0 Å². The summed E-state index contributed by atoms with van der Waals surface area (Å²) in [6.45, 7) is 3.72. The van der Waals surface area contributed by atoms with Crippen molar-refractivity contribution in [3.63, 3.8) is 0 Å². The fourth-order valence-electron chi connectivity index (χ4n) is 1.98. The number of hydrogen-bond donors (Lipinski definition) is 2. The average Bonchev–Trinajstić information content (AvgIpc) is 2.96. The van der Waals surface area contributed by atoms with Gasteiger partial charge >= 0.3 is 5.97 Å². The molecule has 6 nitrogen and oxygen atoms in total. The molecule has 6 heteroatoms. The lowest BCUT2D eigenvalue weighted by Gasteiger charge is -2.14. The highest BCUT2D eigenvalue weighted by molar-refractivity contribution is 5.75. The Morgan fingerprint density at radius 1 is 1.38 bits per heavy atom. The Labute approximate surface area is 122 Å². The molecule has 0 amide bonds. The highest BCUT2D eigenvalue weighted by atomic mass is 16.5. The summed E-state index contributed by atoms with van der Waals surface area (Å²) in [5, 5.41) is 23.9. The fourth-order valence-corrected chi connectivity index (χ4v) is 1.98. The fraction of sp³-hybridized carbons (Fsp3) is 0.333. The number of aromatic nitrogens is 2. The maximum atomic E-state index is 11.4. The SMILES string of the molecule is CCOC(=O)C(O)C(O)c1cnn(-c2ccccc2C)c1. The molecular weight excluding hydrogens is 272 g/mol. The third-order valence-corrected chi connectivity index (χ3v) is 3.13. The molecule has 1 heterocycles. The first-order valence-electron chi connectivity index (χ1n) is 6.68. The lowest BCUT2D eigenvalue weighted by Crippen LogP contribution is -2.29. The summed E-state index contributed by atoms with van der Waals surface area (Å²) in [6.07, 6.45) is -0.00377. The van der Waals surface area contributed by atoms with Gasteiger partial charge in [0, 0.05) is 11.8 Å². The predicted octanol–water partition coefficient (Wildman–Crippen LogP) is 1.14. The van der Waals surface area contributed by atoms with Crippen LogP contribution in [0, 0.1) is 6.92 Å². The first-order valence-corrected chi connectivity index (χ1v) is 6.68. The molecule has 0 fully saturated rings. The lowest BCUT2D eigenvalue weighted by atomic mass is 10.1. The zero-order valence-corrected chi connectivity index (χ0v) is 11.9. The standard InChI is InChI=1S/C15H18N2O4/c1-3-21-15(20)14(19)13(18)11-8-16-17(9-11)12-7-5-4-6-10(12)2/h4-9,13-14,18-19H,3H2,1-2H3. The minimum absolute atomic E-state index is 0.144. The molecule has 2 rings (SSSR count). The number of rotatable bonds is 5. The number of aliphatic hydroxyl groups is 2. The van der Waals surface area contributed by atoms with E-state index in [1.165, 1.54) is 6.20 Å². The average molecular weight is 290 g/mol. The van der Waals surface area contributed by atoms with Crippen LogP contribution in [0.3, 0.4) is 0 Å². The number of carbonyl (C=O) groups excluding carboxylic acids is 1. The van der Waals surface area contributed by atoms with Crippen molar-refractivity contribution in [2.75, 3.05) is 6.61 Å². The van der Waals surface area contributed by atoms with Gasteiger partial charge in [0.05, 0.1) is 18.5 Å². The number of aryl methyl sites for hydroxylation is 1. The van der Waals surface area contributed by atoms with Crippen molar-refractivity contribution >= 4 is 5.97 Å². The molecule has 0 radical (unpaired) electrons. The van der Waals surface area contributed by atoms with Gasteiger partial charge in [-0.05, 0) is 25.5 Å². The third kappa shape index (κ3) is 3.29. The summed E-state index contributed by atoms with van der Waals surface area (Å²) in [7, 11) is 0. The van der Waals surface area contributed by atoms with Gasteiger partial charge in [-0.1, -0.05) is 18.2 Å². The number of carbonyl (C=O) groups is 1. The van der Waals surface area contributed by atoms with Crippen molar-refractivity contribution in [3.8, 4) is 5.69 Å². The van der Waals surface area contributed by atoms with E-state index in [1.807, 2.05) is 31.2 Å². The smallest absolute Gasteiger partial charge is 0.338 e. The summed E-state index contributed by atoms with van der Waals surface area (Å²) in [5.41, 5.74) is 2.23. The summed E-state index contributed by atoms with van der Waals surface area (Å²) in [4.78, 5) is 11.4. The predicted molar refractivity (Wildman–Crippen MR) is 75.9 cm³/mol. The number of ether oxygens (including phenoxy) is 1. The van der Waals surface area contributed by atoms with Crippen LogP contribution in [0.4, 0.5) is 0 Å². The largest absolute Gasteiger partial charge is 0.464 e. The van der Waals surface area contributed by atoms with E-state index >= 15 is 0 Å². The van der Waals surface area contributed by atoms with Gasteiger partial charge in [0.25, 0.3) is 0 Å². The van der Waals surface area contributed by atoms with Crippen molar-refractivity contribution in [3.05, 3.63) is 47.8 Å². The molecule has 112 valence electrons. The van der Waals surface area contributed by atoms with Crippen LogP contribution in [0.1, 0.15) is 24.2 Å². The molecular formula is C15H18N2O4. The van der Waals surface area contributed by atoms with E-state index in [0.717, 1.165) is 11.3 Å². The van der Waals surface area contributed by atoms with Crippen LogP contribution in [0.25, 0.3) is 5.69 Å². The van der Waals surface area contributed by atoms with E-state index in [2.05, 4.69) is 9.84 Å². The molecule has 0 aliphatic rings. The summed E-state index contributed by atoms with van der Waals surface area (Å²) in [5.74, 6) is -0.853. The van der Waals surface area contributed by atoms with Gasteiger partial charge in [-0.2, -0.15) is 5.10 Å². The van der Waals surface area contributed by atoms with Crippen molar-refractivity contribution < 1.29 is 19.7 Å². The molecule has 0 aliphatic heterocycles. The van der Waals surface area contributed by atoms with E-state index in [4.69, 9.17) is 0 Å². The maximum Gasteiger partial charge on any atom is 0.338 e. The molecule has 21 heavy (non-hydrogen) atoms. The second-order valence-electron chi connectivity index (χ2n) is 4.65. The molecule has 0 saturated carbocycles. The molecule has 2 unspecified atom stereocenters. The maximum absolute atomic E-state index is 11.4. The molecule has 0 spiro atoms. The molecule has 0 aliphatic carbocycles. The van der Waals surface area contributed by atoms with Crippen LogP contribution in [-0.2, 0) is 9.53 Å². The summed E-state index contributed by atoms with van der Waals surface area (Å²) >= 11 is 0. The van der Waals surface area contributed by atoms with Crippen LogP contribution in [0.15, 0.2) is 36.7 Å². The monoisotopic (exact) mass is 290 g/mol. The van der Waals surface area contributed by atoms with E-state index in [1.54, 1.807) is 17.8 Å². The van der Waals surface area contributed by atoms with Gasteiger partial charge in [0.15, 0.2) is 6.10 Å². The van der Waals surface area contributed by atoms with E-state index in [0.29, 0.717) is 5.56 Å². The van der Waals surface area contributed by atoms with Crippen molar-refractivity contribution in [1.82, 2.24) is 9.78 Å². The van der Waals surface area contributed by atoms with Crippen molar-refractivity contribution in [2.24, 2.45) is 0 Å². The van der Waals surface area contributed by atoms with Crippen LogP contribution in [0.2, 0.25) is 0 Å². The van der Waals surface area contributed by atoms with Crippen molar-refractivity contribution in [1.29, 1.82) is 0 Å². The normalized spacial score (nSPS) is 13.7. The van der Waals surface area contributed by atoms with E-state index < -0.39 is 18.2 Å². The molecule has 1 aromatic carbocycles. The Morgan fingerprint density at radius 3 is 2.76 bits per heavy atom. The van der Waals surface area contributed by atoms with E-state index in [-0.39, 0.29) is 6.61 Å². The molecule has 1 aromatic heterocycles. The van der Waals surface area contributed by atoms with Gasteiger partial charge in [0.2, 0.25) is 0 Å². The number of hydrogen-bond acceptors (Lipinski definition) is 5. The Morgan fingerprint density at radius 2 is 2.10 bits per heavy atom. The first-order chi connectivity index (χ1) is 10.0. The highest BCUT2D eigenvalue weighted by Gasteiger charge is 2.28. The lowest BCUT2D eigenvalue weighted by molar-refractivity contribution is -0.159. The van der Waals surface area contributed by atoms with Crippen LogP contribution < -0.4 is 0 Å². The number of benzene rings is 1. The molecule has 2 aromatic rings. The Balaban J connectivity index is 2.20. The summed E-state index contributed by atoms with van der Waals surface area (Å²) in [6, 6.07) is 7.64. The number of nitrogens with zero attached hydrogens (tertiary/aromatic N) is 2. The molecule has 0 bridgehead atoms. The summed E-state index contributed by atoms with van der Waals surface area (Å²) < 4.78 is 6.27. The van der Waals surface area contributed by atoms with Crippen LogP contribution in [-0.4, -0.2) is 38.7 Å². The topological polar surface area (TPSA) is 84.6 Å². The van der Waals surface area contributed by atoms with Crippen LogP contribution in [0.5, 0.6) is 0 Å². The molecule has 2 N–H and O–H groups in total. The van der Waals surface area contributed by atoms with Gasteiger partial charge in [0.1, 0.15) is 6.10 Å². The zero-order chi connectivity index (χ0) is 15.4. The molecule has 2 atom stereocenters. The first kappa shape index (κ1) is 15.2. The highest BCUT2D eigenvalue weighted by Crippen LogP contribution is 2.20. The third-order valence-electron chi connectivity index (χ3n) is 3.13. The van der Waals surface area contributed by atoms with Gasteiger partial charge in [-0.25, -0.2) is 9.48 Å². The number of aliphatic hydroxyl groups excluding tert-OH is 2. The minimum atomic E-state index is -1.63. The minimum Gasteiger partial charge on any atom is -0.464 e. The molecule has 0 saturated heterocycles. The number of para-hydroxylation sites is 1. The van der Waals surface area contributed by atoms with Gasteiger partial charge < -0.3 is 14.9 Å².